The number of halogens is 1. The van der Waals surface area contributed by atoms with Crippen molar-refractivity contribution >= 4 is 0 Å². The number of aliphatic hydroxyl groups is 1. The summed E-state index contributed by atoms with van der Waals surface area (Å²) in [6.45, 7) is 2.33. The van der Waals surface area contributed by atoms with E-state index in [2.05, 4.69) is 0 Å². The molecule has 2 unspecified atom stereocenters. The second-order valence-electron chi connectivity index (χ2n) is 5.43. The number of aliphatic hydroxyl groups excluding tert-OH is 1. The number of benzene rings is 2. The molecule has 118 valence electrons. The third-order valence-electron chi connectivity index (χ3n) is 3.96. The van der Waals surface area contributed by atoms with Gasteiger partial charge in [-0.05, 0) is 37.7 Å². The van der Waals surface area contributed by atoms with Crippen LogP contribution in [0.2, 0.25) is 0 Å². The highest BCUT2D eigenvalue weighted by molar-refractivity contribution is 5.30. The lowest BCUT2D eigenvalue weighted by Gasteiger charge is -2.27. The smallest absolute Gasteiger partial charge is 0.127 e. The van der Waals surface area contributed by atoms with Crippen LogP contribution in [0.1, 0.15) is 30.2 Å². The number of hydrogen-bond donors (Lipinski definition) is 1. The molecule has 0 amide bonds. The van der Waals surface area contributed by atoms with Crippen LogP contribution in [0.15, 0.2) is 48.5 Å². The molecule has 0 spiro atoms. The standard InChI is InChI=1S/C18H22FNO2/c1-13(16-9-4-5-10-17(16)19)20(2)12-18(21)14-7-6-8-15(11-14)22-3/h4-11,13,18,21H,12H2,1-3H3. The molecule has 2 rings (SSSR count). The van der Waals surface area contributed by atoms with Gasteiger partial charge in [-0.1, -0.05) is 30.3 Å². The van der Waals surface area contributed by atoms with Gasteiger partial charge in [0.2, 0.25) is 0 Å². The zero-order chi connectivity index (χ0) is 16.1. The van der Waals surface area contributed by atoms with E-state index in [1.54, 1.807) is 19.2 Å². The van der Waals surface area contributed by atoms with Gasteiger partial charge in [0.15, 0.2) is 0 Å². The van der Waals surface area contributed by atoms with Gasteiger partial charge in [-0.3, -0.25) is 4.90 Å². The molecule has 0 aliphatic rings. The van der Waals surface area contributed by atoms with Crippen LogP contribution >= 0.6 is 0 Å². The molecule has 0 bridgehead atoms. The fourth-order valence-electron chi connectivity index (χ4n) is 2.44. The van der Waals surface area contributed by atoms with Gasteiger partial charge in [-0.15, -0.1) is 0 Å². The van der Waals surface area contributed by atoms with Crippen molar-refractivity contribution in [1.29, 1.82) is 0 Å². The van der Waals surface area contributed by atoms with Crippen molar-refractivity contribution in [1.82, 2.24) is 4.90 Å². The van der Waals surface area contributed by atoms with E-state index in [0.717, 1.165) is 5.56 Å². The zero-order valence-corrected chi connectivity index (χ0v) is 13.2. The lowest BCUT2D eigenvalue weighted by molar-refractivity contribution is 0.107. The lowest BCUT2D eigenvalue weighted by atomic mass is 10.0. The van der Waals surface area contributed by atoms with Gasteiger partial charge in [0, 0.05) is 18.2 Å². The summed E-state index contributed by atoms with van der Waals surface area (Å²) < 4.78 is 19.0. The molecule has 4 heteroatoms. The fourth-order valence-corrected chi connectivity index (χ4v) is 2.44. The largest absolute Gasteiger partial charge is 0.497 e. The second kappa shape index (κ2) is 7.38. The number of hydrogen-bond acceptors (Lipinski definition) is 3. The first-order valence-corrected chi connectivity index (χ1v) is 7.29. The molecule has 2 atom stereocenters. The minimum atomic E-state index is -0.658. The molecule has 0 aromatic heterocycles. The van der Waals surface area contributed by atoms with Crippen LogP contribution in [0.5, 0.6) is 5.75 Å². The summed E-state index contributed by atoms with van der Waals surface area (Å²) in [6, 6.07) is 14.0. The van der Waals surface area contributed by atoms with E-state index in [1.165, 1.54) is 6.07 Å². The summed E-state index contributed by atoms with van der Waals surface area (Å²) in [7, 11) is 3.47. The van der Waals surface area contributed by atoms with Crippen molar-refractivity contribution < 1.29 is 14.2 Å². The molecule has 0 saturated heterocycles. The van der Waals surface area contributed by atoms with Gasteiger partial charge in [0.1, 0.15) is 11.6 Å². The van der Waals surface area contributed by atoms with E-state index >= 15 is 0 Å². The van der Waals surface area contributed by atoms with E-state index in [4.69, 9.17) is 4.74 Å². The molecule has 0 aliphatic heterocycles. The Balaban J connectivity index is 2.07. The summed E-state index contributed by atoms with van der Waals surface area (Å²) in [5.41, 5.74) is 1.41. The summed E-state index contributed by atoms with van der Waals surface area (Å²) in [5.74, 6) is 0.485. The Bertz CT molecular complexity index is 618. The first-order chi connectivity index (χ1) is 10.5. The van der Waals surface area contributed by atoms with Crippen LogP contribution in [0.4, 0.5) is 4.39 Å². The predicted molar refractivity (Wildman–Crippen MR) is 85.4 cm³/mol. The van der Waals surface area contributed by atoms with Crippen LogP contribution in [0, 0.1) is 5.82 Å². The first kappa shape index (κ1) is 16.5. The van der Waals surface area contributed by atoms with E-state index in [0.29, 0.717) is 17.9 Å². The molecule has 2 aromatic carbocycles. The van der Waals surface area contributed by atoms with Gasteiger partial charge in [0.05, 0.1) is 13.2 Å². The molecule has 0 heterocycles. The summed E-state index contributed by atoms with van der Waals surface area (Å²) in [4.78, 5) is 1.93. The average molecular weight is 303 g/mol. The number of likely N-dealkylation sites (N-methyl/N-ethyl adjacent to an activating group) is 1. The van der Waals surface area contributed by atoms with E-state index in [9.17, 15) is 9.50 Å². The third-order valence-corrected chi connectivity index (χ3v) is 3.96. The number of ether oxygens (including phenoxy) is 1. The second-order valence-corrected chi connectivity index (χ2v) is 5.43. The Hall–Kier alpha value is -1.91. The third kappa shape index (κ3) is 3.84. The molecule has 2 aromatic rings. The van der Waals surface area contributed by atoms with E-state index in [1.807, 2.05) is 49.2 Å². The van der Waals surface area contributed by atoms with Gasteiger partial charge in [-0.25, -0.2) is 4.39 Å². The van der Waals surface area contributed by atoms with Gasteiger partial charge >= 0.3 is 0 Å². The average Bonchev–Trinajstić information content (AvgIpc) is 2.54. The maximum atomic E-state index is 13.9. The Labute approximate surface area is 131 Å². The van der Waals surface area contributed by atoms with Gasteiger partial charge in [-0.2, -0.15) is 0 Å². The molecular formula is C18H22FNO2. The predicted octanol–water partition coefficient (Wildman–Crippen LogP) is 3.56. The van der Waals surface area contributed by atoms with Crippen molar-refractivity contribution in [3.8, 4) is 5.75 Å². The maximum absolute atomic E-state index is 13.9. The first-order valence-electron chi connectivity index (χ1n) is 7.29. The molecule has 0 fully saturated rings. The summed E-state index contributed by atoms with van der Waals surface area (Å²) in [6.07, 6.45) is -0.658. The van der Waals surface area contributed by atoms with Crippen LogP contribution in [0.25, 0.3) is 0 Å². The summed E-state index contributed by atoms with van der Waals surface area (Å²) in [5, 5.41) is 10.4. The molecule has 3 nitrogen and oxygen atoms in total. The van der Waals surface area contributed by atoms with Crippen LogP contribution < -0.4 is 4.74 Å². The molecule has 22 heavy (non-hydrogen) atoms. The molecule has 0 aliphatic carbocycles. The number of methoxy groups -OCH3 is 1. The lowest BCUT2D eigenvalue weighted by Crippen LogP contribution is -2.28. The van der Waals surface area contributed by atoms with Gasteiger partial charge < -0.3 is 9.84 Å². The van der Waals surface area contributed by atoms with E-state index in [-0.39, 0.29) is 11.9 Å². The molecule has 0 radical (unpaired) electrons. The van der Waals surface area contributed by atoms with Crippen LogP contribution in [-0.4, -0.2) is 30.7 Å². The topological polar surface area (TPSA) is 32.7 Å². The Morgan fingerprint density at radius 2 is 1.91 bits per heavy atom. The highest BCUT2D eigenvalue weighted by Crippen LogP contribution is 2.25. The monoisotopic (exact) mass is 303 g/mol. The summed E-state index contributed by atoms with van der Waals surface area (Å²) >= 11 is 0. The van der Waals surface area contributed by atoms with E-state index < -0.39 is 6.10 Å². The van der Waals surface area contributed by atoms with Crippen LogP contribution in [0.3, 0.4) is 0 Å². The fraction of sp³-hybridized carbons (Fsp3) is 0.333. The number of rotatable bonds is 6. The van der Waals surface area contributed by atoms with Crippen molar-refractivity contribution in [3.63, 3.8) is 0 Å². The Kier molecular flexibility index (Phi) is 5.52. The zero-order valence-electron chi connectivity index (χ0n) is 13.2. The van der Waals surface area contributed by atoms with Crippen molar-refractivity contribution in [3.05, 3.63) is 65.5 Å². The highest BCUT2D eigenvalue weighted by atomic mass is 19.1. The Morgan fingerprint density at radius 3 is 2.59 bits per heavy atom. The highest BCUT2D eigenvalue weighted by Gasteiger charge is 2.19. The molecular weight excluding hydrogens is 281 g/mol. The van der Waals surface area contributed by atoms with Crippen molar-refractivity contribution in [2.75, 3.05) is 20.7 Å². The van der Waals surface area contributed by atoms with Crippen LogP contribution in [-0.2, 0) is 0 Å². The SMILES string of the molecule is COc1cccc(C(O)CN(C)C(C)c2ccccc2F)c1. The Morgan fingerprint density at radius 1 is 1.18 bits per heavy atom. The quantitative estimate of drug-likeness (QED) is 0.885. The van der Waals surface area contributed by atoms with Crippen molar-refractivity contribution in [2.24, 2.45) is 0 Å². The number of nitrogens with zero attached hydrogens (tertiary/aromatic N) is 1. The minimum Gasteiger partial charge on any atom is -0.497 e. The molecule has 0 saturated carbocycles. The van der Waals surface area contributed by atoms with Crippen molar-refractivity contribution in [2.45, 2.75) is 19.1 Å². The molecule has 1 N–H and O–H groups in total. The minimum absolute atomic E-state index is 0.124. The normalized spacial score (nSPS) is 13.9. The van der Waals surface area contributed by atoms with Gasteiger partial charge in [0.25, 0.3) is 0 Å². The maximum Gasteiger partial charge on any atom is 0.127 e.